The smallest absolute Gasteiger partial charge is 0.128 e. The second kappa shape index (κ2) is 5.97. The van der Waals surface area contributed by atoms with E-state index in [0.29, 0.717) is 0 Å². The van der Waals surface area contributed by atoms with Crippen LogP contribution in [0.4, 0.5) is 0 Å². The number of hydrogen-bond acceptors (Lipinski definition) is 2. The first-order valence-corrected chi connectivity index (χ1v) is 8.26. The van der Waals surface area contributed by atoms with Crippen molar-refractivity contribution in [3.63, 3.8) is 0 Å². The number of pyridine rings is 1. The van der Waals surface area contributed by atoms with Crippen LogP contribution in [0.3, 0.4) is 0 Å². The molecule has 0 aliphatic rings. The second-order valence-corrected chi connectivity index (χ2v) is 6.24. The zero-order valence-corrected chi connectivity index (χ0v) is 13.9. The van der Waals surface area contributed by atoms with Gasteiger partial charge in [-0.1, -0.05) is 48.5 Å². The fraction of sp³-hybridized carbons (Fsp3) is 0.136. The van der Waals surface area contributed by atoms with E-state index in [4.69, 9.17) is 4.74 Å². The minimum absolute atomic E-state index is 0.123. The highest BCUT2D eigenvalue weighted by Crippen LogP contribution is 2.38. The molecule has 24 heavy (non-hydrogen) atoms. The molecular weight excluding hydrogens is 294 g/mol. The Hall–Kier alpha value is -2.87. The van der Waals surface area contributed by atoms with Crippen LogP contribution in [0.2, 0.25) is 0 Å². The first-order valence-electron chi connectivity index (χ1n) is 8.26. The maximum Gasteiger partial charge on any atom is 0.128 e. The van der Waals surface area contributed by atoms with Crippen LogP contribution in [0.25, 0.3) is 32.8 Å². The van der Waals surface area contributed by atoms with Crippen LogP contribution in [0, 0.1) is 0 Å². The van der Waals surface area contributed by atoms with Crippen molar-refractivity contribution in [1.29, 1.82) is 0 Å². The molecule has 0 N–H and O–H groups in total. The molecule has 0 unspecified atom stereocenters. The molecule has 0 amide bonds. The lowest BCUT2D eigenvalue weighted by molar-refractivity contribution is 0.244. The van der Waals surface area contributed by atoms with Crippen LogP contribution in [0.5, 0.6) is 5.75 Å². The van der Waals surface area contributed by atoms with Gasteiger partial charge in [0.15, 0.2) is 0 Å². The fourth-order valence-electron chi connectivity index (χ4n) is 3.11. The molecule has 0 bridgehead atoms. The molecule has 3 aromatic carbocycles. The standard InChI is InChI=1S/C22H19NO/c1-15(2)24-21-12-11-16-7-3-5-9-19(16)22(21)18-13-17-8-4-6-10-20(17)23-14-18/h3-15H,1-2H3. The van der Waals surface area contributed by atoms with E-state index in [-0.39, 0.29) is 6.10 Å². The Kier molecular flexibility index (Phi) is 3.66. The predicted octanol–water partition coefficient (Wildman–Crippen LogP) is 5.84. The van der Waals surface area contributed by atoms with Crippen molar-refractivity contribution >= 4 is 21.7 Å². The lowest BCUT2D eigenvalue weighted by Crippen LogP contribution is -2.06. The highest BCUT2D eigenvalue weighted by molar-refractivity contribution is 6.01. The van der Waals surface area contributed by atoms with Crippen LogP contribution < -0.4 is 4.74 Å². The zero-order valence-electron chi connectivity index (χ0n) is 13.9. The van der Waals surface area contributed by atoms with E-state index in [9.17, 15) is 0 Å². The van der Waals surface area contributed by atoms with Crippen LogP contribution in [0.15, 0.2) is 72.9 Å². The summed E-state index contributed by atoms with van der Waals surface area (Å²) in [7, 11) is 0. The fourth-order valence-corrected chi connectivity index (χ4v) is 3.11. The van der Waals surface area contributed by atoms with E-state index < -0.39 is 0 Å². The monoisotopic (exact) mass is 313 g/mol. The molecule has 1 aromatic heterocycles. The molecule has 0 aliphatic heterocycles. The maximum atomic E-state index is 6.09. The van der Waals surface area contributed by atoms with Crippen molar-refractivity contribution in [3.8, 4) is 16.9 Å². The first kappa shape index (κ1) is 14.7. The minimum atomic E-state index is 0.123. The third-order valence-electron chi connectivity index (χ3n) is 4.13. The summed E-state index contributed by atoms with van der Waals surface area (Å²) >= 11 is 0. The number of fused-ring (bicyclic) bond motifs is 2. The minimum Gasteiger partial charge on any atom is -0.490 e. The average Bonchev–Trinajstić information content (AvgIpc) is 2.60. The van der Waals surface area contributed by atoms with E-state index in [2.05, 4.69) is 67.4 Å². The maximum absolute atomic E-state index is 6.09. The normalized spacial score (nSPS) is 11.3. The van der Waals surface area contributed by atoms with Crippen molar-refractivity contribution in [2.75, 3.05) is 0 Å². The summed E-state index contributed by atoms with van der Waals surface area (Å²) < 4.78 is 6.09. The van der Waals surface area contributed by atoms with Crippen LogP contribution in [-0.4, -0.2) is 11.1 Å². The number of para-hydroxylation sites is 1. The topological polar surface area (TPSA) is 22.1 Å². The number of rotatable bonds is 3. The van der Waals surface area contributed by atoms with Crippen LogP contribution >= 0.6 is 0 Å². The molecule has 0 atom stereocenters. The molecule has 4 aromatic rings. The summed E-state index contributed by atoms with van der Waals surface area (Å²) in [5, 5.41) is 3.53. The molecule has 0 radical (unpaired) electrons. The van der Waals surface area contributed by atoms with Crippen LogP contribution in [-0.2, 0) is 0 Å². The van der Waals surface area contributed by atoms with E-state index in [1.807, 2.05) is 24.4 Å². The molecule has 2 nitrogen and oxygen atoms in total. The van der Waals surface area contributed by atoms with Crippen molar-refractivity contribution in [2.45, 2.75) is 20.0 Å². The molecule has 118 valence electrons. The van der Waals surface area contributed by atoms with Gasteiger partial charge in [-0.15, -0.1) is 0 Å². The van der Waals surface area contributed by atoms with Gasteiger partial charge in [0.1, 0.15) is 5.75 Å². The summed E-state index contributed by atoms with van der Waals surface area (Å²) in [6.07, 6.45) is 2.07. The summed E-state index contributed by atoms with van der Waals surface area (Å²) in [5.74, 6) is 0.904. The summed E-state index contributed by atoms with van der Waals surface area (Å²) in [4.78, 5) is 4.63. The van der Waals surface area contributed by atoms with E-state index >= 15 is 0 Å². The number of ether oxygens (including phenoxy) is 1. The SMILES string of the molecule is CC(C)Oc1ccc2ccccc2c1-c1cnc2ccccc2c1. The van der Waals surface area contributed by atoms with E-state index in [1.165, 1.54) is 10.8 Å². The highest BCUT2D eigenvalue weighted by atomic mass is 16.5. The van der Waals surface area contributed by atoms with Gasteiger partial charge in [0.25, 0.3) is 0 Å². The quantitative estimate of drug-likeness (QED) is 0.474. The van der Waals surface area contributed by atoms with Gasteiger partial charge in [0, 0.05) is 22.7 Å². The van der Waals surface area contributed by atoms with Gasteiger partial charge in [-0.05, 0) is 42.8 Å². The van der Waals surface area contributed by atoms with Crippen molar-refractivity contribution in [1.82, 2.24) is 4.98 Å². The molecule has 2 heteroatoms. The number of aromatic nitrogens is 1. The van der Waals surface area contributed by atoms with Gasteiger partial charge in [-0.25, -0.2) is 0 Å². The Bertz CT molecular complexity index is 1020. The third kappa shape index (κ3) is 2.61. The Morgan fingerprint density at radius 1 is 0.833 bits per heavy atom. The Labute approximate surface area is 141 Å². The third-order valence-corrected chi connectivity index (χ3v) is 4.13. The molecule has 0 fully saturated rings. The van der Waals surface area contributed by atoms with E-state index in [0.717, 1.165) is 27.8 Å². The number of nitrogens with zero attached hydrogens (tertiary/aromatic N) is 1. The van der Waals surface area contributed by atoms with Gasteiger partial charge in [-0.3, -0.25) is 4.98 Å². The van der Waals surface area contributed by atoms with Gasteiger partial charge < -0.3 is 4.74 Å². The van der Waals surface area contributed by atoms with Gasteiger partial charge in [0.2, 0.25) is 0 Å². The molecule has 0 spiro atoms. The Morgan fingerprint density at radius 2 is 1.58 bits per heavy atom. The van der Waals surface area contributed by atoms with Gasteiger partial charge in [-0.2, -0.15) is 0 Å². The second-order valence-electron chi connectivity index (χ2n) is 6.24. The number of benzene rings is 3. The number of hydrogen-bond donors (Lipinski definition) is 0. The molecule has 0 saturated carbocycles. The van der Waals surface area contributed by atoms with Crippen molar-refractivity contribution in [2.24, 2.45) is 0 Å². The summed E-state index contributed by atoms with van der Waals surface area (Å²) in [6, 6.07) is 23.0. The zero-order chi connectivity index (χ0) is 16.5. The molecule has 4 rings (SSSR count). The molecule has 1 heterocycles. The molecule has 0 saturated heterocycles. The summed E-state index contributed by atoms with van der Waals surface area (Å²) in [5.41, 5.74) is 3.20. The predicted molar refractivity (Wildman–Crippen MR) is 100 cm³/mol. The van der Waals surface area contributed by atoms with Gasteiger partial charge in [0.05, 0.1) is 11.6 Å². The lowest BCUT2D eigenvalue weighted by Gasteiger charge is -2.17. The Morgan fingerprint density at radius 3 is 2.42 bits per heavy atom. The van der Waals surface area contributed by atoms with Gasteiger partial charge >= 0.3 is 0 Å². The lowest BCUT2D eigenvalue weighted by atomic mass is 9.97. The van der Waals surface area contributed by atoms with E-state index in [1.54, 1.807) is 0 Å². The largest absolute Gasteiger partial charge is 0.490 e. The average molecular weight is 313 g/mol. The Balaban J connectivity index is 2.01. The van der Waals surface area contributed by atoms with Crippen molar-refractivity contribution < 1.29 is 4.74 Å². The van der Waals surface area contributed by atoms with Crippen LogP contribution in [0.1, 0.15) is 13.8 Å². The highest BCUT2D eigenvalue weighted by Gasteiger charge is 2.13. The first-order chi connectivity index (χ1) is 11.7. The molecule has 0 aliphatic carbocycles. The molecular formula is C22H19NO. The van der Waals surface area contributed by atoms with Crippen molar-refractivity contribution in [3.05, 3.63) is 72.9 Å². The summed E-state index contributed by atoms with van der Waals surface area (Å²) in [6.45, 7) is 4.11.